The van der Waals surface area contributed by atoms with Gasteiger partial charge in [0.1, 0.15) is 0 Å². The lowest BCUT2D eigenvalue weighted by Crippen LogP contribution is -2.37. The first-order valence-corrected chi connectivity index (χ1v) is 8.07. The van der Waals surface area contributed by atoms with Crippen molar-refractivity contribution in [2.24, 2.45) is 4.99 Å². The van der Waals surface area contributed by atoms with Crippen LogP contribution in [0.4, 0.5) is 5.69 Å². The van der Waals surface area contributed by atoms with Crippen LogP contribution < -0.4 is 16.0 Å². The van der Waals surface area contributed by atoms with Gasteiger partial charge in [-0.3, -0.25) is 4.99 Å². The van der Waals surface area contributed by atoms with Crippen LogP contribution in [-0.2, 0) is 6.54 Å². The number of para-hydroxylation sites is 1. The van der Waals surface area contributed by atoms with Crippen molar-refractivity contribution >= 4 is 35.6 Å². The molecule has 2 rings (SSSR count). The lowest BCUT2D eigenvalue weighted by molar-refractivity contribution is 0.761. The number of anilines is 1. The van der Waals surface area contributed by atoms with E-state index in [4.69, 9.17) is 0 Å². The number of rotatable bonds is 7. The summed E-state index contributed by atoms with van der Waals surface area (Å²) in [7, 11) is 1.80. The molecule has 0 aliphatic rings. The molecule has 3 N–H and O–H groups in total. The van der Waals surface area contributed by atoms with Gasteiger partial charge in [-0.25, -0.2) is 0 Å². The summed E-state index contributed by atoms with van der Waals surface area (Å²) in [6.45, 7) is 4.73. The van der Waals surface area contributed by atoms with E-state index in [1.807, 2.05) is 18.2 Å². The highest BCUT2D eigenvalue weighted by molar-refractivity contribution is 14.0. The number of benzene rings is 2. The molecule has 0 unspecified atom stereocenters. The largest absolute Gasteiger partial charge is 0.385 e. The number of aliphatic imine (C=N–C) groups is 1. The van der Waals surface area contributed by atoms with Gasteiger partial charge in [0.15, 0.2) is 5.96 Å². The second-order valence-corrected chi connectivity index (χ2v) is 5.43. The molecular formula is C19H27IN4. The summed E-state index contributed by atoms with van der Waals surface area (Å²) in [5.74, 6) is 0.841. The second-order valence-electron chi connectivity index (χ2n) is 5.43. The first kappa shape index (κ1) is 20.3. The Kier molecular flexibility index (Phi) is 9.91. The van der Waals surface area contributed by atoms with Crippen LogP contribution in [0.3, 0.4) is 0 Å². The number of halogens is 1. The van der Waals surface area contributed by atoms with E-state index in [1.165, 1.54) is 11.1 Å². The van der Waals surface area contributed by atoms with Gasteiger partial charge in [-0.05, 0) is 36.6 Å². The van der Waals surface area contributed by atoms with E-state index in [-0.39, 0.29) is 24.0 Å². The van der Waals surface area contributed by atoms with Crippen molar-refractivity contribution in [2.45, 2.75) is 19.9 Å². The number of guanidine groups is 1. The minimum absolute atomic E-state index is 0. The fourth-order valence-electron chi connectivity index (χ4n) is 2.29. The molecule has 5 heteroatoms. The Morgan fingerprint density at radius 2 is 1.62 bits per heavy atom. The fraction of sp³-hybridized carbons (Fsp3) is 0.316. The quantitative estimate of drug-likeness (QED) is 0.267. The molecule has 0 amide bonds. The molecule has 4 nitrogen and oxygen atoms in total. The first-order chi connectivity index (χ1) is 11.3. The van der Waals surface area contributed by atoms with Gasteiger partial charge in [0, 0.05) is 32.4 Å². The summed E-state index contributed by atoms with van der Waals surface area (Å²) in [4.78, 5) is 4.26. The number of hydrogen-bond donors (Lipinski definition) is 3. The van der Waals surface area contributed by atoms with Crippen LogP contribution in [0.1, 0.15) is 17.5 Å². The fourth-order valence-corrected chi connectivity index (χ4v) is 2.29. The molecule has 2 aromatic rings. The molecule has 0 fully saturated rings. The Bertz CT molecular complexity index is 614. The molecule has 0 heterocycles. The van der Waals surface area contributed by atoms with E-state index in [0.717, 1.165) is 37.7 Å². The van der Waals surface area contributed by atoms with Crippen LogP contribution in [0.15, 0.2) is 59.6 Å². The molecule has 0 spiro atoms. The molecule has 24 heavy (non-hydrogen) atoms. The molecular weight excluding hydrogens is 411 g/mol. The van der Waals surface area contributed by atoms with Crippen molar-refractivity contribution < 1.29 is 0 Å². The smallest absolute Gasteiger partial charge is 0.191 e. The SMILES string of the molecule is CN=C(NCCCNc1ccccc1)NCc1ccccc1C.I. The highest BCUT2D eigenvalue weighted by atomic mass is 127. The summed E-state index contributed by atoms with van der Waals surface area (Å²) in [5, 5.41) is 10.1. The summed E-state index contributed by atoms with van der Waals surface area (Å²) in [6.07, 6.45) is 1.03. The molecule has 0 radical (unpaired) electrons. The average molecular weight is 438 g/mol. The minimum Gasteiger partial charge on any atom is -0.385 e. The third kappa shape index (κ3) is 7.21. The van der Waals surface area contributed by atoms with Gasteiger partial charge < -0.3 is 16.0 Å². The monoisotopic (exact) mass is 438 g/mol. The van der Waals surface area contributed by atoms with Gasteiger partial charge >= 0.3 is 0 Å². The maximum atomic E-state index is 4.26. The predicted molar refractivity (Wildman–Crippen MR) is 114 cm³/mol. The minimum atomic E-state index is 0. The van der Waals surface area contributed by atoms with E-state index in [0.29, 0.717) is 0 Å². The zero-order valence-electron chi connectivity index (χ0n) is 14.4. The molecule has 0 saturated carbocycles. The lowest BCUT2D eigenvalue weighted by atomic mass is 10.1. The van der Waals surface area contributed by atoms with Crippen molar-refractivity contribution in [1.82, 2.24) is 10.6 Å². The van der Waals surface area contributed by atoms with Crippen LogP contribution in [0.25, 0.3) is 0 Å². The predicted octanol–water partition coefficient (Wildman–Crippen LogP) is 3.78. The summed E-state index contributed by atoms with van der Waals surface area (Å²) in [6, 6.07) is 18.7. The summed E-state index contributed by atoms with van der Waals surface area (Å²) < 4.78 is 0. The number of nitrogens with zero attached hydrogens (tertiary/aromatic N) is 1. The van der Waals surface area contributed by atoms with Crippen molar-refractivity contribution in [1.29, 1.82) is 0 Å². The third-order valence-electron chi connectivity index (χ3n) is 3.68. The molecule has 0 saturated heterocycles. The maximum absolute atomic E-state index is 4.26. The van der Waals surface area contributed by atoms with E-state index >= 15 is 0 Å². The highest BCUT2D eigenvalue weighted by Crippen LogP contribution is 2.06. The van der Waals surface area contributed by atoms with Gasteiger partial charge in [-0.15, -0.1) is 24.0 Å². The Morgan fingerprint density at radius 1 is 0.917 bits per heavy atom. The van der Waals surface area contributed by atoms with E-state index < -0.39 is 0 Å². The Hall–Kier alpha value is -1.76. The van der Waals surface area contributed by atoms with Gasteiger partial charge in [0.25, 0.3) is 0 Å². The van der Waals surface area contributed by atoms with Gasteiger partial charge in [0.05, 0.1) is 0 Å². The Labute approximate surface area is 162 Å². The van der Waals surface area contributed by atoms with Crippen LogP contribution >= 0.6 is 24.0 Å². The van der Waals surface area contributed by atoms with Crippen LogP contribution in [-0.4, -0.2) is 26.1 Å². The highest BCUT2D eigenvalue weighted by Gasteiger charge is 2.00. The van der Waals surface area contributed by atoms with Gasteiger partial charge in [-0.1, -0.05) is 42.5 Å². The molecule has 0 aromatic heterocycles. The maximum Gasteiger partial charge on any atom is 0.191 e. The normalized spacial score (nSPS) is 10.7. The van der Waals surface area contributed by atoms with Crippen molar-refractivity contribution in [2.75, 3.05) is 25.5 Å². The number of aryl methyl sites for hydroxylation is 1. The van der Waals surface area contributed by atoms with Gasteiger partial charge in [-0.2, -0.15) is 0 Å². The lowest BCUT2D eigenvalue weighted by Gasteiger charge is -2.13. The third-order valence-corrected chi connectivity index (χ3v) is 3.68. The van der Waals surface area contributed by atoms with Crippen LogP contribution in [0.5, 0.6) is 0 Å². The Morgan fingerprint density at radius 3 is 2.33 bits per heavy atom. The van der Waals surface area contributed by atoms with E-state index in [2.05, 4.69) is 64.3 Å². The summed E-state index contributed by atoms with van der Waals surface area (Å²) in [5.41, 5.74) is 3.75. The molecule has 0 aliphatic carbocycles. The average Bonchev–Trinajstić information content (AvgIpc) is 2.59. The molecule has 0 bridgehead atoms. The Balaban J connectivity index is 0.00000288. The topological polar surface area (TPSA) is 48.5 Å². The zero-order valence-corrected chi connectivity index (χ0v) is 16.7. The molecule has 130 valence electrons. The second kappa shape index (κ2) is 11.7. The molecule has 0 aliphatic heterocycles. The molecule has 2 aromatic carbocycles. The van der Waals surface area contributed by atoms with Crippen LogP contribution in [0, 0.1) is 6.92 Å². The van der Waals surface area contributed by atoms with E-state index in [9.17, 15) is 0 Å². The van der Waals surface area contributed by atoms with Crippen molar-refractivity contribution in [3.63, 3.8) is 0 Å². The molecule has 0 atom stereocenters. The number of nitrogens with one attached hydrogen (secondary N) is 3. The van der Waals surface area contributed by atoms with E-state index in [1.54, 1.807) is 7.05 Å². The van der Waals surface area contributed by atoms with Crippen molar-refractivity contribution in [3.05, 3.63) is 65.7 Å². The number of hydrogen-bond acceptors (Lipinski definition) is 2. The van der Waals surface area contributed by atoms with Crippen molar-refractivity contribution in [3.8, 4) is 0 Å². The zero-order chi connectivity index (χ0) is 16.3. The standard InChI is InChI=1S/C19H26N4.HI/c1-16-9-6-7-10-17(16)15-23-19(20-2)22-14-8-13-21-18-11-4-3-5-12-18;/h3-7,9-12,21H,8,13-15H2,1-2H3,(H2,20,22,23);1H. The van der Waals surface area contributed by atoms with Gasteiger partial charge in [0.2, 0.25) is 0 Å². The summed E-state index contributed by atoms with van der Waals surface area (Å²) >= 11 is 0. The van der Waals surface area contributed by atoms with Crippen LogP contribution in [0.2, 0.25) is 0 Å². The first-order valence-electron chi connectivity index (χ1n) is 8.07.